The Morgan fingerprint density at radius 2 is 2.05 bits per heavy atom. The van der Waals surface area contributed by atoms with E-state index in [1.165, 1.54) is 6.42 Å². The van der Waals surface area contributed by atoms with Crippen molar-refractivity contribution in [3.63, 3.8) is 0 Å². The number of hydrazone groups is 1. The first-order chi connectivity index (χ1) is 10.2. The third-order valence-corrected chi connectivity index (χ3v) is 3.51. The summed E-state index contributed by atoms with van der Waals surface area (Å²) in [5.41, 5.74) is 3.64. The van der Waals surface area contributed by atoms with Crippen LogP contribution in [0.2, 0.25) is 0 Å². The average Bonchev–Trinajstić information content (AvgIpc) is 2.51. The van der Waals surface area contributed by atoms with Crippen molar-refractivity contribution in [2.45, 2.75) is 32.6 Å². The molecule has 1 fully saturated rings. The van der Waals surface area contributed by atoms with E-state index in [0.29, 0.717) is 11.7 Å². The van der Waals surface area contributed by atoms with Crippen LogP contribution >= 0.6 is 0 Å². The van der Waals surface area contributed by atoms with Gasteiger partial charge in [0.1, 0.15) is 11.5 Å². The summed E-state index contributed by atoms with van der Waals surface area (Å²) in [6.45, 7) is 2.17. The minimum absolute atomic E-state index is 0.0430. The van der Waals surface area contributed by atoms with Gasteiger partial charge in [0.15, 0.2) is 6.61 Å². The van der Waals surface area contributed by atoms with Crippen LogP contribution in [0, 0.1) is 5.92 Å². The molecule has 1 aromatic carbocycles. The molecule has 0 saturated heterocycles. The molecule has 1 saturated carbocycles. The van der Waals surface area contributed by atoms with E-state index in [4.69, 9.17) is 9.47 Å². The molecule has 0 heterocycles. The molecule has 0 aromatic heterocycles. The second-order valence-electron chi connectivity index (χ2n) is 5.38. The molecule has 5 heteroatoms. The predicted molar refractivity (Wildman–Crippen MR) is 81.7 cm³/mol. The van der Waals surface area contributed by atoms with E-state index >= 15 is 0 Å². The fourth-order valence-corrected chi connectivity index (χ4v) is 2.36. The lowest BCUT2D eigenvalue weighted by Gasteiger charge is -2.18. The Hall–Kier alpha value is -2.04. The molecule has 114 valence electrons. The van der Waals surface area contributed by atoms with Gasteiger partial charge in [-0.15, -0.1) is 0 Å². The number of hydrogen-bond acceptors (Lipinski definition) is 4. The number of amides is 1. The van der Waals surface area contributed by atoms with E-state index in [1.807, 2.05) is 0 Å². The van der Waals surface area contributed by atoms with Crippen molar-refractivity contribution >= 4 is 11.6 Å². The maximum atomic E-state index is 11.7. The second kappa shape index (κ2) is 7.67. The summed E-state index contributed by atoms with van der Waals surface area (Å²) in [4.78, 5) is 11.7. The van der Waals surface area contributed by atoms with Crippen LogP contribution in [0.3, 0.4) is 0 Å². The Morgan fingerprint density at radius 3 is 2.71 bits per heavy atom. The Morgan fingerprint density at radius 1 is 1.33 bits per heavy atom. The smallest absolute Gasteiger partial charge is 0.277 e. The summed E-state index contributed by atoms with van der Waals surface area (Å²) in [7, 11) is 1.61. The third kappa shape index (κ3) is 5.10. The van der Waals surface area contributed by atoms with Crippen LogP contribution in [0.1, 0.15) is 32.6 Å². The van der Waals surface area contributed by atoms with Crippen molar-refractivity contribution in [1.29, 1.82) is 0 Å². The number of benzene rings is 1. The molecule has 0 radical (unpaired) electrons. The van der Waals surface area contributed by atoms with Crippen LogP contribution < -0.4 is 14.9 Å². The molecule has 0 spiro atoms. The lowest BCUT2D eigenvalue weighted by atomic mass is 9.89. The molecule has 0 aliphatic heterocycles. The summed E-state index contributed by atoms with van der Waals surface area (Å²) in [6.07, 6.45) is 4.34. The molecule has 1 aliphatic carbocycles. The van der Waals surface area contributed by atoms with Crippen molar-refractivity contribution < 1.29 is 14.3 Å². The summed E-state index contributed by atoms with van der Waals surface area (Å²) in [6, 6.07) is 7.11. The highest BCUT2D eigenvalue weighted by Gasteiger charge is 2.14. The molecule has 5 nitrogen and oxygen atoms in total. The van der Waals surface area contributed by atoms with Crippen LogP contribution in [0.15, 0.2) is 29.4 Å². The van der Waals surface area contributed by atoms with Gasteiger partial charge in [0, 0.05) is 5.71 Å². The lowest BCUT2D eigenvalue weighted by Crippen LogP contribution is -2.27. The SMILES string of the molecule is COc1ccc(OCC(=O)NN=C2CCCC(C)C2)cc1. The van der Waals surface area contributed by atoms with Crippen molar-refractivity contribution in [2.75, 3.05) is 13.7 Å². The van der Waals surface area contributed by atoms with Crippen molar-refractivity contribution in [2.24, 2.45) is 11.0 Å². The highest BCUT2D eigenvalue weighted by molar-refractivity contribution is 5.87. The number of nitrogens with zero attached hydrogens (tertiary/aromatic N) is 1. The third-order valence-electron chi connectivity index (χ3n) is 3.51. The molecule has 1 amide bonds. The highest BCUT2D eigenvalue weighted by atomic mass is 16.5. The lowest BCUT2D eigenvalue weighted by molar-refractivity contribution is -0.123. The maximum Gasteiger partial charge on any atom is 0.277 e. The van der Waals surface area contributed by atoms with Gasteiger partial charge in [0.2, 0.25) is 0 Å². The minimum atomic E-state index is -0.239. The fourth-order valence-electron chi connectivity index (χ4n) is 2.36. The molecule has 1 aliphatic rings. The minimum Gasteiger partial charge on any atom is -0.497 e. The summed E-state index contributed by atoms with van der Waals surface area (Å²) in [5.74, 6) is 1.80. The van der Waals surface area contributed by atoms with Gasteiger partial charge < -0.3 is 9.47 Å². The number of rotatable bonds is 5. The Bertz CT molecular complexity index is 497. The molecule has 2 rings (SSSR count). The number of nitrogens with one attached hydrogen (secondary N) is 1. The van der Waals surface area contributed by atoms with Crippen LogP contribution in [0.4, 0.5) is 0 Å². The molecular weight excluding hydrogens is 268 g/mol. The van der Waals surface area contributed by atoms with Gasteiger partial charge in [-0.05, 0) is 55.9 Å². The molecule has 21 heavy (non-hydrogen) atoms. The van der Waals surface area contributed by atoms with E-state index in [0.717, 1.165) is 30.7 Å². The van der Waals surface area contributed by atoms with Gasteiger partial charge in [-0.2, -0.15) is 5.10 Å². The molecule has 1 N–H and O–H groups in total. The van der Waals surface area contributed by atoms with Gasteiger partial charge in [0.05, 0.1) is 7.11 Å². The summed E-state index contributed by atoms with van der Waals surface area (Å²) < 4.78 is 10.4. The summed E-state index contributed by atoms with van der Waals surface area (Å²) in [5, 5.41) is 4.19. The first kappa shape index (κ1) is 15.4. The van der Waals surface area contributed by atoms with Crippen LogP contribution in [0.5, 0.6) is 11.5 Å². The number of ether oxygens (including phenoxy) is 2. The van der Waals surface area contributed by atoms with E-state index in [-0.39, 0.29) is 12.5 Å². The predicted octanol–water partition coefficient (Wildman–Crippen LogP) is 2.76. The quantitative estimate of drug-likeness (QED) is 0.848. The van der Waals surface area contributed by atoms with Crippen molar-refractivity contribution in [3.05, 3.63) is 24.3 Å². The zero-order chi connectivity index (χ0) is 15.1. The normalized spacial score (nSPS) is 20.1. The number of carbonyl (C=O) groups excluding carboxylic acids is 1. The topological polar surface area (TPSA) is 59.9 Å². The van der Waals surface area contributed by atoms with Gasteiger partial charge in [-0.25, -0.2) is 5.43 Å². The van der Waals surface area contributed by atoms with E-state index in [2.05, 4.69) is 17.5 Å². The van der Waals surface area contributed by atoms with E-state index in [9.17, 15) is 4.79 Å². The standard InChI is InChI=1S/C16H22N2O3/c1-12-4-3-5-13(10-12)17-18-16(19)11-21-15-8-6-14(20-2)7-9-15/h6-9,12H,3-5,10-11H2,1-2H3,(H,18,19). The highest BCUT2D eigenvalue weighted by Crippen LogP contribution is 2.21. The number of methoxy groups -OCH3 is 1. The number of carbonyl (C=O) groups is 1. The monoisotopic (exact) mass is 290 g/mol. The molecule has 1 atom stereocenters. The fraction of sp³-hybridized carbons (Fsp3) is 0.500. The second-order valence-corrected chi connectivity index (χ2v) is 5.38. The van der Waals surface area contributed by atoms with Gasteiger partial charge >= 0.3 is 0 Å². The van der Waals surface area contributed by atoms with Crippen LogP contribution in [0.25, 0.3) is 0 Å². The summed E-state index contributed by atoms with van der Waals surface area (Å²) >= 11 is 0. The Kier molecular flexibility index (Phi) is 5.60. The molecule has 1 aromatic rings. The number of hydrogen-bond donors (Lipinski definition) is 1. The molecule has 0 bridgehead atoms. The van der Waals surface area contributed by atoms with Gasteiger partial charge in [-0.3, -0.25) is 4.79 Å². The average molecular weight is 290 g/mol. The van der Waals surface area contributed by atoms with Crippen molar-refractivity contribution in [3.8, 4) is 11.5 Å². The van der Waals surface area contributed by atoms with E-state index in [1.54, 1.807) is 31.4 Å². The van der Waals surface area contributed by atoms with E-state index < -0.39 is 0 Å². The zero-order valence-electron chi connectivity index (χ0n) is 12.6. The Labute approximate surface area is 125 Å². The zero-order valence-corrected chi connectivity index (χ0v) is 12.6. The van der Waals surface area contributed by atoms with Crippen LogP contribution in [-0.2, 0) is 4.79 Å². The van der Waals surface area contributed by atoms with Gasteiger partial charge in [-0.1, -0.05) is 6.92 Å². The van der Waals surface area contributed by atoms with Crippen molar-refractivity contribution in [1.82, 2.24) is 5.43 Å². The Balaban J connectivity index is 1.75. The van der Waals surface area contributed by atoms with Crippen LogP contribution in [-0.4, -0.2) is 25.3 Å². The molecular formula is C16H22N2O3. The first-order valence-electron chi connectivity index (χ1n) is 7.28. The first-order valence-corrected chi connectivity index (χ1v) is 7.28. The molecule has 1 unspecified atom stereocenters. The largest absolute Gasteiger partial charge is 0.497 e. The van der Waals surface area contributed by atoms with Gasteiger partial charge in [0.25, 0.3) is 5.91 Å². The maximum absolute atomic E-state index is 11.7.